The Labute approximate surface area is 160 Å². The van der Waals surface area contributed by atoms with Crippen LogP contribution in [-0.2, 0) is 9.53 Å². The van der Waals surface area contributed by atoms with Crippen molar-refractivity contribution in [3.8, 4) is 5.75 Å². The number of carbonyl (C=O) groups excluding carboxylic acids is 2. The van der Waals surface area contributed by atoms with Crippen molar-refractivity contribution < 1.29 is 19.1 Å². The molecule has 1 unspecified atom stereocenters. The standard InChI is InChI=1S/C21H28N2O4/c24-20(22-10-12-26-13-11-22)18-5-7-19(8-6-18)27-15-16-2-1-9-23(14-16)21(25)17-3-4-17/h5-8,16-17H,1-4,9-15H2. The van der Waals surface area contributed by atoms with Crippen LogP contribution in [-0.4, -0.2) is 67.6 Å². The maximum Gasteiger partial charge on any atom is 0.254 e. The van der Waals surface area contributed by atoms with Crippen LogP contribution in [0.2, 0.25) is 0 Å². The highest BCUT2D eigenvalue weighted by molar-refractivity contribution is 5.94. The first-order valence-corrected chi connectivity index (χ1v) is 10.1. The third-order valence-electron chi connectivity index (χ3n) is 5.64. The molecule has 0 N–H and O–H groups in total. The lowest BCUT2D eigenvalue weighted by molar-refractivity contribution is -0.134. The van der Waals surface area contributed by atoms with Gasteiger partial charge in [-0.2, -0.15) is 0 Å². The van der Waals surface area contributed by atoms with Crippen LogP contribution in [0.5, 0.6) is 5.75 Å². The monoisotopic (exact) mass is 372 g/mol. The molecule has 6 nitrogen and oxygen atoms in total. The number of hydrogen-bond acceptors (Lipinski definition) is 4. The summed E-state index contributed by atoms with van der Waals surface area (Å²) in [6, 6.07) is 7.39. The first-order chi connectivity index (χ1) is 13.2. The summed E-state index contributed by atoms with van der Waals surface area (Å²) in [5, 5.41) is 0. The molecule has 146 valence electrons. The number of likely N-dealkylation sites (tertiary alicyclic amines) is 1. The summed E-state index contributed by atoms with van der Waals surface area (Å²) in [7, 11) is 0. The molecule has 0 aromatic heterocycles. The normalized spacial score (nSPS) is 23.2. The zero-order valence-electron chi connectivity index (χ0n) is 15.8. The van der Waals surface area contributed by atoms with E-state index < -0.39 is 0 Å². The molecule has 1 aromatic carbocycles. The largest absolute Gasteiger partial charge is 0.493 e. The van der Waals surface area contributed by atoms with E-state index in [1.807, 2.05) is 34.1 Å². The summed E-state index contributed by atoms with van der Waals surface area (Å²) in [6.45, 7) is 4.82. The number of nitrogens with zero attached hydrogens (tertiary/aromatic N) is 2. The fraction of sp³-hybridized carbons (Fsp3) is 0.619. The molecule has 0 radical (unpaired) electrons. The summed E-state index contributed by atoms with van der Waals surface area (Å²) >= 11 is 0. The van der Waals surface area contributed by atoms with E-state index in [9.17, 15) is 9.59 Å². The molecule has 3 fully saturated rings. The lowest BCUT2D eigenvalue weighted by Crippen LogP contribution is -2.42. The number of ether oxygens (including phenoxy) is 2. The second-order valence-electron chi connectivity index (χ2n) is 7.81. The Kier molecular flexibility index (Phi) is 5.62. The van der Waals surface area contributed by atoms with Gasteiger partial charge in [0.05, 0.1) is 19.8 Å². The zero-order chi connectivity index (χ0) is 18.6. The topological polar surface area (TPSA) is 59.1 Å². The summed E-state index contributed by atoms with van der Waals surface area (Å²) in [5.74, 6) is 1.84. The van der Waals surface area contributed by atoms with Crippen molar-refractivity contribution in [1.82, 2.24) is 9.80 Å². The third kappa shape index (κ3) is 4.61. The van der Waals surface area contributed by atoms with Gasteiger partial charge in [-0.3, -0.25) is 9.59 Å². The predicted octanol–water partition coefficient (Wildman–Crippen LogP) is 2.19. The van der Waals surface area contributed by atoms with Crippen molar-refractivity contribution in [1.29, 1.82) is 0 Å². The van der Waals surface area contributed by atoms with Crippen LogP contribution in [0.15, 0.2) is 24.3 Å². The molecule has 1 aliphatic carbocycles. The lowest BCUT2D eigenvalue weighted by atomic mass is 9.98. The van der Waals surface area contributed by atoms with Gasteiger partial charge >= 0.3 is 0 Å². The number of benzene rings is 1. The number of carbonyl (C=O) groups is 2. The van der Waals surface area contributed by atoms with Gasteiger partial charge in [-0.25, -0.2) is 0 Å². The Balaban J connectivity index is 1.27. The van der Waals surface area contributed by atoms with Crippen LogP contribution >= 0.6 is 0 Å². The van der Waals surface area contributed by atoms with Crippen LogP contribution in [0.3, 0.4) is 0 Å². The van der Waals surface area contributed by atoms with Gasteiger partial charge in [-0.1, -0.05) is 0 Å². The van der Waals surface area contributed by atoms with Crippen molar-refractivity contribution in [3.05, 3.63) is 29.8 Å². The van der Waals surface area contributed by atoms with Crippen molar-refractivity contribution >= 4 is 11.8 Å². The van der Waals surface area contributed by atoms with Crippen LogP contribution in [0.25, 0.3) is 0 Å². The fourth-order valence-electron chi connectivity index (χ4n) is 3.85. The van der Waals surface area contributed by atoms with Crippen LogP contribution in [0.4, 0.5) is 0 Å². The number of morpholine rings is 1. The van der Waals surface area contributed by atoms with Crippen molar-refractivity contribution in [2.45, 2.75) is 25.7 Å². The van der Waals surface area contributed by atoms with E-state index in [1.165, 1.54) is 0 Å². The minimum absolute atomic E-state index is 0.0476. The molecule has 2 amide bonds. The van der Waals surface area contributed by atoms with Crippen LogP contribution < -0.4 is 4.74 Å². The highest BCUT2D eigenvalue weighted by Crippen LogP contribution is 2.32. The van der Waals surface area contributed by atoms with E-state index in [0.717, 1.165) is 44.5 Å². The summed E-state index contributed by atoms with van der Waals surface area (Å²) in [4.78, 5) is 28.6. The Hall–Kier alpha value is -2.08. The highest BCUT2D eigenvalue weighted by Gasteiger charge is 2.35. The molecular weight excluding hydrogens is 344 g/mol. The Morgan fingerprint density at radius 3 is 2.44 bits per heavy atom. The molecule has 1 atom stereocenters. The van der Waals surface area contributed by atoms with Gasteiger partial charge < -0.3 is 19.3 Å². The predicted molar refractivity (Wildman–Crippen MR) is 101 cm³/mol. The fourth-order valence-corrected chi connectivity index (χ4v) is 3.85. The SMILES string of the molecule is O=C(c1ccc(OCC2CCCN(C(=O)C3CC3)C2)cc1)N1CCOCC1. The Morgan fingerprint density at radius 1 is 1.00 bits per heavy atom. The second kappa shape index (κ2) is 8.30. The van der Waals surface area contributed by atoms with Gasteiger partial charge in [0.1, 0.15) is 5.75 Å². The van der Waals surface area contributed by atoms with Gasteiger partial charge in [-0.05, 0) is 49.9 Å². The van der Waals surface area contributed by atoms with Crippen molar-refractivity contribution in [2.75, 3.05) is 46.0 Å². The minimum atomic E-state index is 0.0476. The first-order valence-electron chi connectivity index (χ1n) is 10.1. The average molecular weight is 372 g/mol. The van der Waals surface area contributed by atoms with E-state index in [2.05, 4.69) is 0 Å². The van der Waals surface area contributed by atoms with Gasteiger partial charge in [0.15, 0.2) is 0 Å². The molecule has 6 heteroatoms. The summed E-state index contributed by atoms with van der Waals surface area (Å²) in [5.41, 5.74) is 0.683. The maximum atomic E-state index is 12.5. The van der Waals surface area contributed by atoms with Crippen LogP contribution in [0, 0.1) is 11.8 Å². The van der Waals surface area contributed by atoms with Crippen molar-refractivity contribution in [2.24, 2.45) is 11.8 Å². The molecule has 3 aliphatic rings. The molecule has 1 saturated carbocycles. The summed E-state index contributed by atoms with van der Waals surface area (Å²) in [6.07, 6.45) is 4.28. The van der Waals surface area contributed by atoms with Crippen LogP contribution in [0.1, 0.15) is 36.0 Å². The highest BCUT2D eigenvalue weighted by atomic mass is 16.5. The van der Waals surface area contributed by atoms with Crippen molar-refractivity contribution in [3.63, 3.8) is 0 Å². The smallest absolute Gasteiger partial charge is 0.254 e. The molecule has 0 spiro atoms. The minimum Gasteiger partial charge on any atom is -0.493 e. The van der Waals surface area contributed by atoms with E-state index in [-0.39, 0.29) is 5.91 Å². The number of hydrogen-bond donors (Lipinski definition) is 0. The quantitative estimate of drug-likeness (QED) is 0.795. The number of piperidine rings is 1. The molecular formula is C21H28N2O4. The summed E-state index contributed by atoms with van der Waals surface area (Å²) < 4.78 is 11.2. The second-order valence-corrected chi connectivity index (χ2v) is 7.81. The van der Waals surface area contributed by atoms with Gasteiger partial charge in [0.2, 0.25) is 5.91 Å². The molecule has 2 heterocycles. The van der Waals surface area contributed by atoms with E-state index >= 15 is 0 Å². The molecule has 27 heavy (non-hydrogen) atoms. The van der Waals surface area contributed by atoms with Gasteiger partial charge in [0, 0.05) is 43.6 Å². The Morgan fingerprint density at radius 2 is 1.74 bits per heavy atom. The third-order valence-corrected chi connectivity index (χ3v) is 5.64. The van der Waals surface area contributed by atoms with Gasteiger partial charge in [0.25, 0.3) is 5.91 Å². The van der Waals surface area contributed by atoms with E-state index in [0.29, 0.717) is 56.2 Å². The number of amides is 2. The molecule has 2 saturated heterocycles. The number of rotatable bonds is 5. The molecule has 0 bridgehead atoms. The zero-order valence-corrected chi connectivity index (χ0v) is 15.8. The first kappa shape index (κ1) is 18.3. The molecule has 4 rings (SSSR count). The van der Waals surface area contributed by atoms with E-state index in [4.69, 9.17) is 9.47 Å². The Bertz CT molecular complexity index is 665. The maximum absolute atomic E-state index is 12.5. The van der Waals surface area contributed by atoms with E-state index in [1.54, 1.807) is 0 Å². The average Bonchev–Trinajstić information content (AvgIpc) is 3.58. The van der Waals surface area contributed by atoms with Gasteiger partial charge in [-0.15, -0.1) is 0 Å². The molecule has 1 aromatic rings. The lowest BCUT2D eigenvalue weighted by Gasteiger charge is -2.32. The molecule has 2 aliphatic heterocycles.